The summed E-state index contributed by atoms with van der Waals surface area (Å²) < 4.78 is 19.6. The van der Waals surface area contributed by atoms with Gasteiger partial charge in [-0.15, -0.1) is 0 Å². The van der Waals surface area contributed by atoms with Crippen molar-refractivity contribution in [1.29, 1.82) is 0 Å². The molecule has 1 aliphatic carbocycles. The summed E-state index contributed by atoms with van der Waals surface area (Å²) in [7, 11) is 0. The normalized spacial score (nSPS) is 28.2. The van der Waals surface area contributed by atoms with Gasteiger partial charge in [-0.05, 0) is 38.3 Å². The molecule has 1 aromatic carbocycles. The second kappa shape index (κ2) is 8.55. The minimum absolute atomic E-state index is 0.0637. The van der Waals surface area contributed by atoms with Crippen molar-refractivity contribution in [2.24, 2.45) is 10.4 Å². The first-order chi connectivity index (χ1) is 12.6. The van der Waals surface area contributed by atoms with Crippen LogP contribution in [0.25, 0.3) is 0 Å². The summed E-state index contributed by atoms with van der Waals surface area (Å²) in [5.74, 6) is 0.532. The van der Waals surface area contributed by atoms with Gasteiger partial charge in [0.15, 0.2) is 5.96 Å². The topological polar surface area (TPSA) is 65.9 Å². The van der Waals surface area contributed by atoms with Crippen LogP contribution in [-0.4, -0.2) is 50.0 Å². The van der Waals surface area contributed by atoms with Crippen molar-refractivity contribution < 1.29 is 14.2 Å². The molecule has 3 unspecified atom stereocenters. The highest BCUT2D eigenvalue weighted by atomic mass is 35.5. The molecule has 1 heterocycles. The van der Waals surface area contributed by atoms with Crippen LogP contribution >= 0.6 is 11.6 Å². The number of aliphatic hydroxyl groups excluding tert-OH is 1. The van der Waals surface area contributed by atoms with Gasteiger partial charge in [0, 0.05) is 47.7 Å². The van der Waals surface area contributed by atoms with Gasteiger partial charge in [0.1, 0.15) is 5.82 Å². The smallest absolute Gasteiger partial charge is 0.191 e. The summed E-state index contributed by atoms with van der Waals surface area (Å²) in [4.78, 5) is 4.72. The fourth-order valence-electron chi connectivity index (χ4n) is 3.57. The fraction of sp³-hybridized carbons (Fsp3) is 0.632. The first-order valence-electron chi connectivity index (χ1n) is 9.26. The number of nitrogens with one attached hydrogen (secondary N) is 2. The third kappa shape index (κ3) is 4.48. The Morgan fingerprint density at radius 3 is 3.00 bits per heavy atom. The first kappa shape index (κ1) is 19.4. The van der Waals surface area contributed by atoms with Gasteiger partial charge in [-0.1, -0.05) is 17.7 Å². The van der Waals surface area contributed by atoms with Crippen molar-refractivity contribution in [3.8, 4) is 0 Å². The average Bonchev–Trinajstić information content (AvgIpc) is 3.19. The summed E-state index contributed by atoms with van der Waals surface area (Å²) in [5.41, 5.74) is 0.498. The lowest BCUT2D eigenvalue weighted by Gasteiger charge is -2.25. The Morgan fingerprint density at radius 2 is 2.35 bits per heavy atom. The summed E-state index contributed by atoms with van der Waals surface area (Å²) in [6.45, 7) is 4.84. The molecular weight excluding hydrogens is 357 g/mol. The zero-order valence-electron chi connectivity index (χ0n) is 15.1. The molecule has 3 rings (SSSR count). The molecule has 0 radical (unpaired) electrons. The molecule has 3 N–H and O–H groups in total. The largest absolute Gasteiger partial charge is 0.396 e. The Kier molecular flexibility index (Phi) is 6.37. The molecule has 0 aromatic heterocycles. The molecular formula is C19H27ClFN3O2. The molecule has 3 atom stereocenters. The molecule has 1 aromatic rings. The number of hydrogen-bond donors (Lipinski definition) is 3. The number of benzene rings is 1. The molecule has 2 aliphatic rings. The number of rotatable bonds is 7. The van der Waals surface area contributed by atoms with Crippen molar-refractivity contribution in [3.05, 3.63) is 34.6 Å². The predicted octanol–water partition coefficient (Wildman–Crippen LogP) is 2.68. The standard InChI is InChI=1S/C19H27ClFN3O2/c1-2-22-18(23-11-19(6-8-25)7-9-26-12-19)24-16-10-13(16)17-14(20)4-3-5-15(17)21/h3-5,13,16,25H,2,6-12H2,1H3,(H2,22,23,24). The van der Waals surface area contributed by atoms with E-state index in [1.807, 2.05) is 6.92 Å². The van der Waals surface area contributed by atoms with Crippen molar-refractivity contribution in [1.82, 2.24) is 10.6 Å². The van der Waals surface area contributed by atoms with E-state index in [4.69, 9.17) is 21.3 Å². The van der Waals surface area contributed by atoms with E-state index in [2.05, 4.69) is 10.6 Å². The molecule has 1 saturated heterocycles. The Bertz CT molecular complexity index is 629. The number of hydrogen-bond acceptors (Lipinski definition) is 3. The Balaban J connectivity index is 1.64. The van der Waals surface area contributed by atoms with Crippen molar-refractivity contribution >= 4 is 17.6 Å². The summed E-state index contributed by atoms with van der Waals surface area (Å²) in [6, 6.07) is 4.93. The molecule has 2 fully saturated rings. The van der Waals surface area contributed by atoms with E-state index in [9.17, 15) is 9.50 Å². The van der Waals surface area contributed by atoms with Gasteiger partial charge in [0.2, 0.25) is 0 Å². The lowest BCUT2D eigenvalue weighted by Crippen LogP contribution is -2.40. The molecule has 0 bridgehead atoms. The molecule has 7 heteroatoms. The predicted molar refractivity (Wildman–Crippen MR) is 101 cm³/mol. The van der Waals surface area contributed by atoms with Crippen LogP contribution in [0.3, 0.4) is 0 Å². The van der Waals surface area contributed by atoms with Crippen LogP contribution in [-0.2, 0) is 4.74 Å². The van der Waals surface area contributed by atoms with E-state index in [-0.39, 0.29) is 29.8 Å². The van der Waals surface area contributed by atoms with E-state index in [1.165, 1.54) is 6.07 Å². The maximum Gasteiger partial charge on any atom is 0.191 e. The fourth-order valence-corrected chi connectivity index (χ4v) is 3.87. The van der Waals surface area contributed by atoms with Crippen LogP contribution in [0.4, 0.5) is 4.39 Å². The van der Waals surface area contributed by atoms with E-state index in [0.29, 0.717) is 30.2 Å². The zero-order valence-corrected chi connectivity index (χ0v) is 15.9. The summed E-state index contributed by atoms with van der Waals surface area (Å²) in [5, 5.41) is 16.5. The minimum atomic E-state index is -0.251. The van der Waals surface area contributed by atoms with Gasteiger partial charge >= 0.3 is 0 Å². The van der Waals surface area contributed by atoms with Gasteiger partial charge in [0.25, 0.3) is 0 Å². The molecule has 0 amide bonds. The van der Waals surface area contributed by atoms with Gasteiger partial charge in [-0.3, -0.25) is 4.99 Å². The highest BCUT2D eigenvalue weighted by Crippen LogP contribution is 2.44. The van der Waals surface area contributed by atoms with Crippen LogP contribution in [0.2, 0.25) is 5.02 Å². The number of halogens is 2. The van der Waals surface area contributed by atoms with Crippen molar-refractivity contribution in [2.45, 2.75) is 38.1 Å². The van der Waals surface area contributed by atoms with E-state index < -0.39 is 0 Å². The highest BCUT2D eigenvalue weighted by Gasteiger charge is 2.42. The monoisotopic (exact) mass is 383 g/mol. The highest BCUT2D eigenvalue weighted by molar-refractivity contribution is 6.31. The number of guanidine groups is 1. The minimum Gasteiger partial charge on any atom is -0.396 e. The Morgan fingerprint density at radius 1 is 1.50 bits per heavy atom. The average molecular weight is 384 g/mol. The van der Waals surface area contributed by atoms with Crippen molar-refractivity contribution in [2.75, 3.05) is 32.9 Å². The lowest BCUT2D eigenvalue weighted by atomic mass is 9.84. The summed E-state index contributed by atoms with van der Waals surface area (Å²) in [6.07, 6.45) is 2.43. The second-order valence-electron chi connectivity index (χ2n) is 7.20. The second-order valence-corrected chi connectivity index (χ2v) is 7.61. The van der Waals surface area contributed by atoms with Crippen LogP contribution in [0.5, 0.6) is 0 Å². The van der Waals surface area contributed by atoms with Gasteiger partial charge < -0.3 is 20.5 Å². The zero-order chi connectivity index (χ0) is 18.6. The van der Waals surface area contributed by atoms with Crippen LogP contribution in [0, 0.1) is 11.2 Å². The van der Waals surface area contributed by atoms with Crippen molar-refractivity contribution in [3.63, 3.8) is 0 Å². The molecule has 144 valence electrons. The lowest BCUT2D eigenvalue weighted by molar-refractivity contribution is 0.131. The Hall–Kier alpha value is -1.37. The van der Waals surface area contributed by atoms with Gasteiger partial charge in [0.05, 0.1) is 13.2 Å². The SMILES string of the molecule is CCNC(=NCC1(CCO)CCOC1)NC1CC1c1c(F)cccc1Cl. The number of ether oxygens (including phenoxy) is 1. The summed E-state index contributed by atoms with van der Waals surface area (Å²) >= 11 is 6.18. The Labute approximate surface area is 159 Å². The van der Waals surface area contributed by atoms with E-state index in [0.717, 1.165) is 32.0 Å². The molecule has 1 aliphatic heterocycles. The molecule has 1 saturated carbocycles. The number of aliphatic imine (C=N–C) groups is 1. The maximum absolute atomic E-state index is 14.1. The molecule has 5 nitrogen and oxygen atoms in total. The maximum atomic E-state index is 14.1. The quantitative estimate of drug-likeness (QED) is 0.500. The van der Waals surface area contributed by atoms with Crippen LogP contribution in [0.15, 0.2) is 23.2 Å². The first-order valence-corrected chi connectivity index (χ1v) is 9.64. The molecule has 0 spiro atoms. The van der Waals surface area contributed by atoms with E-state index in [1.54, 1.807) is 12.1 Å². The third-order valence-electron chi connectivity index (χ3n) is 5.23. The van der Waals surface area contributed by atoms with Crippen LogP contribution in [0.1, 0.15) is 37.7 Å². The van der Waals surface area contributed by atoms with Crippen LogP contribution < -0.4 is 10.6 Å². The molecule has 26 heavy (non-hydrogen) atoms. The van der Waals surface area contributed by atoms with Gasteiger partial charge in [-0.2, -0.15) is 0 Å². The van der Waals surface area contributed by atoms with E-state index >= 15 is 0 Å². The third-order valence-corrected chi connectivity index (χ3v) is 5.56. The number of nitrogens with zero attached hydrogens (tertiary/aromatic N) is 1. The number of aliphatic hydroxyl groups is 1. The van der Waals surface area contributed by atoms with Gasteiger partial charge in [-0.25, -0.2) is 4.39 Å².